The summed E-state index contributed by atoms with van der Waals surface area (Å²) in [4.78, 5) is 27.9. The molecule has 0 spiro atoms. The average Bonchev–Trinajstić information content (AvgIpc) is 2.77. The normalized spacial score (nSPS) is 16.1. The van der Waals surface area contributed by atoms with Gasteiger partial charge in [-0.3, -0.25) is 14.5 Å². The van der Waals surface area contributed by atoms with Crippen LogP contribution in [-0.2, 0) is 20.8 Å². The first-order valence-electron chi connectivity index (χ1n) is 11.3. The summed E-state index contributed by atoms with van der Waals surface area (Å²) in [5, 5.41) is 10.9. The number of aryl methyl sites for hydroxylation is 2. The second-order valence-corrected chi connectivity index (χ2v) is 8.41. The molecule has 0 aliphatic carbocycles. The third-order valence-electron chi connectivity index (χ3n) is 6.22. The van der Waals surface area contributed by atoms with Crippen LogP contribution in [0.4, 0.5) is 0 Å². The molecule has 0 bridgehead atoms. The smallest absolute Gasteiger partial charge is 0.309 e. The monoisotopic (exact) mass is 442 g/mol. The average molecular weight is 443 g/mol. The van der Waals surface area contributed by atoms with Crippen molar-refractivity contribution in [1.82, 2.24) is 9.47 Å². The molecule has 2 heterocycles. The first-order chi connectivity index (χ1) is 15.4. The van der Waals surface area contributed by atoms with Crippen molar-refractivity contribution in [3.8, 4) is 5.75 Å². The van der Waals surface area contributed by atoms with Crippen molar-refractivity contribution >= 4 is 5.97 Å². The van der Waals surface area contributed by atoms with Crippen molar-refractivity contribution in [2.45, 2.75) is 46.2 Å². The van der Waals surface area contributed by atoms with Crippen LogP contribution in [0.25, 0.3) is 0 Å². The molecule has 1 aromatic heterocycles. The SMILES string of the molecule is CCOC(=O)C1CCN([C@H](c2ccc(C)cc2)c2c(O)cc(C)n(CCOC)c2=O)CC1. The lowest BCUT2D eigenvalue weighted by Crippen LogP contribution is -2.42. The molecular formula is C25H34N2O5. The first kappa shape index (κ1) is 24.0. The molecule has 1 fully saturated rings. The summed E-state index contributed by atoms with van der Waals surface area (Å²) in [6.07, 6.45) is 1.32. The van der Waals surface area contributed by atoms with Crippen molar-refractivity contribution in [3.05, 3.63) is 63.1 Å². The molecule has 2 aromatic rings. The highest BCUT2D eigenvalue weighted by molar-refractivity contribution is 5.72. The molecule has 32 heavy (non-hydrogen) atoms. The standard InChI is InChI=1S/C25H34N2O5/c1-5-32-25(30)20-10-12-26(13-11-20)23(19-8-6-17(2)7-9-19)22-21(28)16-18(3)27(24(22)29)14-15-31-4/h6-9,16,20,23,28H,5,10-15H2,1-4H3/t23-/m1/s1. The maximum absolute atomic E-state index is 13.5. The number of aromatic hydroxyl groups is 1. The Balaban J connectivity index is 2.01. The number of likely N-dealkylation sites (tertiary alicyclic amines) is 1. The summed E-state index contributed by atoms with van der Waals surface area (Å²) in [7, 11) is 1.60. The van der Waals surface area contributed by atoms with Gasteiger partial charge in [-0.05, 0) is 58.3 Å². The molecule has 0 saturated carbocycles. The molecule has 1 aliphatic heterocycles. The molecule has 0 radical (unpaired) electrons. The highest BCUT2D eigenvalue weighted by atomic mass is 16.5. The highest BCUT2D eigenvalue weighted by Crippen LogP contribution is 2.35. The summed E-state index contributed by atoms with van der Waals surface area (Å²) in [6, 6.07) is 9.30. The lowest BCUT2D eigenvalue weighted by atomic mass is 9.91. The number of piperidine rings is 1. The second-order valence-electron chi connectivity index (χ2n) is 8.41. The highest BCUT2D eigenvalue weighted by Gasteiger charge is 2.34. The van der Waals surface area contributed by atoms with E-state index >= 15 is 0 Å². The van der Waals surface area contributed by atoms with Gasteiger partial charge in [0.1, 0.15) is 5.75 Å². The van der Waals surface area contributed by atoms with Gasteiger partial charge in [-0.2, -0.15) is 0 Å². The molecule has 3 rings (SSSR count). The van der Waals surface area contributed by atoms with Crippen molar-refractivity contribution in [1.29, 1.82) is 0 Å². The van der Waals surface area contributed by atoms with Crippen LogP contribution in [0.3, 0.4) is 0 Å². The van der Waals surface area contributed by atoms with Gasteiger partial charge in [0.2, 0.25) is 0 Å². The molecule has 1 saturated heterocycles. The number of hydrogen-bond donors (Lipinski definition) is 1. The summed E-state index contributed by atoms with van der Waals surface area (Å²) in [6.45, 7) is 8.11. The molecule has 1 aliphatic rings. The van der Waals surface area contributed by atoms with Crippen LogP contribution >= 0.6 is 0 Å². The van der Waals surface area contributed by atoms with E-state index in [1.807, 2.05) is 45.0 Å². The first-order valence-corrected chi connectivity index (χ1v) is 11.3. The number of ether oxygens (including phenoxy) is 2. The van der Waals surface area contributed by atoms with Gasteiger partial charge in [0.15, 0.2) is 0 Å². The fraction of sp³-hybridized carbons (Fsp3) is 0.520. The number of aromatic nitrogens is 1. The van der Waals surface area contributed by atoms with Crippen molar-refractivity contribution in [3.63, 3.8) is 0 Å². The van der Waals surface area contributed by atoms with E-state index in [4.69, 9.17) is 9.47 Å². The van der Waals surface area contributed by atoms with Gasteiger partial charge in [-0.15, -0.1) is 0 Å². The van der Waals surface area contributed by atoms with E-state index in [1.165, 1.54) is 0 Å². The zero-order valence-corrected chi connectivity index (χ0v) is 19.5. The minimum atomic E-state index is -0.402. The Morgan fingerprint density at radius 2 is 1.84 bits per heavy atom. The van der Waals surface area contributed by atoms with Crippen molar-refractivity contribution in [2.24, 2.45) is 5.92 Å². The third-order valence-corrected chi connectivity index (χ3v) is 6.22. The van der Waals surface area contributed by atoms with E-state index in [2.05, 4.69) is 4.90 Å². The number of rotatable bonds is 8. The quantitative estimate of drug-likeness (QED) is 0.633. The largest absolute Gasteiger partial charge is 0.507 e. The summed E-state index contributed by atoms with van der Waals surface area (Å²) >= 11 is 0. The van der Waals surface area contributed by atoms with Gasteiger partial charge >= 0.3 is 5.97 Å². The summed E-state index contributed by atoms with van der Waals surface area (Å²) in [5.41, 5.74) is 2.92. The minimum absolute atomic E-state index is 0.000687. The van der Waals surface area contributed by atoms with Crippen LogP contribution in [-0.4, -0.2) is 54.0 Å². The van der Waals surface area contributed by atoms with E-state index < -0.39 is 6.04 Å². The molecule has 7 nitrogen and oxygen atoms in total. The number of hydrogen-bond acceptors (Lipinski definition) is 6. The Hall–Kier alpha value is -2.64. The van der Waals surface area contributed by atoms with Gasteiger partial charge < -0.3 is 19.1 Å². The molecule has 0 unspecified atom stereocenters. The number of benzene rings is 1. The zero-order valence-electron chi connectivity index (χ0n) is 19.5. The number of carbonyl (C=O) groups excluding carboxylic acids is 1. The van der Waals surface area contributed by atoms with Gasteiger partial charge in [0.25, 0.3) is 5.56 Å². The molecule has 1 N–H and O–H groups in total. The Bertz CT molecular complexity index is 975. The molecular weight excluding hydrogens is 408 g/mol. The van der Waals surface area contributed by atoms with Crippen LogP contribution in [0.5, 0.6) is 5.75 Å². The fourth-order valence-corrected chi connectivity index (χ4v) is 4.45. The molecule has 174 valence electrons. The Morgan fingerprint density at radius 3 is 2.44 bits per heavy atom. The number of carbonyl (C=O) groups is 1. The van der Waals surface area contributed by atoms with Crippen LogP contribution in [0.15, 0.2) is 35.1 Å². The van der Waals surface area contributed by atoms with E-state index in [0.29, 0.717) is 56.9 Å². The number of esters is 1. The predicted molar refractivity (Wildman–Crippen MR) is 123 cm³/mol. The fourth-order valence-electron chi connectivity index (χ4n) is 4.45. The number of pyridine rings is 1. The number of methoxy groups -OCH3 is 1. The third kappa shape index (κ3) is 5.22. The summed E-state index contributed by atoms with van der Waals surface area (Å²) in [5.74, 6) is -0.284. The van der Waals surface area contributed by atoms with Crippen LogP contribution in [0.2, 0.25) is 0 Å². The molecule has 7 heteroatoms. The number of nitrogens with zero attached hydrogens (tertiary/aromatic N) is 2. The lowest BCUT2D eigenvalue weighted by molar-refractivity contribution is -0.149. The van der Waals surface area contributed by atoms with E-state index in [9.17, 15) is 14.7 Å². The lowest BCUT2D eigenvalue weighted by Gasteiger charge is -2.37. The van der Waals surface area contributed by atoms with Crippen LogP contribution in [0.1, 0.15) is 48.2 Å². The topological polar surface area (TPSA) is 81.0 Å². The van der Waals surface area contributed by atoms with Crippen molar-refractivity contribution in [2.75, 3.05) is 33.4 Å². The maximum atomic E-state index is 13.5. The van der Waals surface area contributed by atoms with Crippen molar-refractivity contribution < 1.29 is 19.4 Å². The Kier molecular flexibility index (Phi) is 8.10. The second kappa shape index (κ2) is 10.8. The molecule has 1 atom stereocenters. The van der Waals surface area contributed by atoms with Crippen LogP contribution in [0, 0.1) is 19.8 Å². The molecule has 1 aromatic carbocycles. The Morgan fingerprint density at radius 1 is 1.19 bits per heavy atom. The van der Waals surface area contributed by atoms with Crippen LogP contribution < -0.4 is 5.56 Å². The minimum Gasteiger partial charge on any atom is -0.507 e. The zero-order chi connectivity index (χ0) is 23.3. The van der Waals surface area contributed by atoms with Gasteiger partial charge in [0, 0.05) is 19.3 Å². The van der Waals surface area contributed by atoms with Gasteiger partial charge in [-0.1, -0.05) is 29.8 Å². The van der Waals surface area contributed by atoms with E-state index in [0.717, 1.165) is 11.1 Å². The Labute approximate surface area is 189 Å². The van der Waals surface area contributed by atoms with E-state index in [-0.39, 0.29) is 23.2 Å². The summed E-state index contributed by atoms with van der Waals surface area (Å²) < 4.78 is 12.0. The molecule has 0 amide bonds. The van der Waals surface area contributed by atoms with E-state index in [1.54, 1.807) is 17.7 Å². The van der Waals surface area contributed by atoms with Gasteiger partial charge in [-0.25, -0.2) is 0 Å². The predicted octanol–water partition coefficient (Wildman–Crippen LogP) is 3.18. The van der Waals surface area contributed by atoms with Gasteiger partial charge in [0.05, 0.1) is 30.7 Å². The maximum Gasteiger partial charge on any atom is 0.309 e.